The fourth-order valence-corrected chi connectivity index (χ4v) is 3.73. The van der Waals surface area contributed by atoms with Crippen molar-refractivity contribution in [3.63, 3.8) is 0 Å². The predicted octanol–water partition coefficient (Wildman–Crippen LogP) is 5.41. The van der Waals surface area contributed by atoms with E-state index in [2.05, 4.69) is 18.7 Å². The largest absolute Gasteiger partial charge is 0.159 e. The summed E-state index contributed by atoms with van der Waals surface area (Å²) in [5, 5.41) is 1.02. The third-order valence-electron chi connectivity index (χ3n) is 3.40. The first-order chi connectivity index (χ1) is 7.43. The summed E-state index contributed by atoms with van der Waals surface area (Å²) >= 11 is 2.26. The van der Waals surface area contributed by atoms with Crippen molar-refractivity contribution in [2.75, 3.05) is 5.75 Å². The van der Waals surface area contributed by atoms with Crippen LogP contribution in [0.2, 0.25) is 0 Å². The molecule has 1 fully saturated rings. The monoisotopic (exact) mass is 228 g/mol. The van der Waals surface area contributed by atoms with Crippen LogP contribution in [0.3, 0.4) is 0 Å². The lowest BCUT2D eigenvalue weighted by Gasteiger charge is -2.20. The SMILES string of the molecule is CCCCCCCCSC1CCCCC1. The lowest BCUT2D eigenvalue weighted by molar-refractivity contribution is 0.515. The zero-order valence-electron chi connectivity index (χ0n) is 10.5. The summed E-state index contributed by atoms with van der Waals surface area (Å²) < 4.78 is 0. The van der Waals surface area contributed by atoms with Crippen molar-refractivity contribution in [1.82, 2.24) is 0 Å². The second-order valence-electron chi connectivity index (χ2n) is 4.90. The highest BCUT2D eigenvalue weighted by Crippen LogP contribution is 2.28. The minimum Gasteiger partial charge on any atom is -0.159 e. The van der Waals surface area contributed by atoms with E-state index in [0.29, 0.717) is 0 Å². The number of hydrogen-bond donors (Lipinski definition) is 0. The Morgan fingerprint density at radius 2 is 1.53 bits per heavy atom. The van der Waals surface area contributed by atoms with E-state index < -0.39 is 0 Å². The molecule has 0 aromatic heterocycles. The average molecular weight is 228 g/mol. The third-order valence-corrected chi connectivity index (χ3v) is 4.87. The van der Waals surface area contributed by atoms with E-state index in [1.54, 1.807) is 0 Å². The van der Waals surface area contributed by atoms with Crippen LogP contribution in [0, 0.1) is 0 Å². The first-order valence-corrected chi connectivity index (χ1v) is 8.10. The van der Waals surface area contributed by atoms with E-state index in [9.17, 15) is 0 Å². The fourth-order valence-electron chi connectivity index (χ4n) is 2.36. The molecule has 0 heterocycles. The van der Waals surface area contributed by atoms with Gasteiger partial charge >= 0.3 is 0 Å². The number of unbranched alkanes of at least 4 members (excludes halogenated alkanes) is 5. The van der Waals surface area contributed by atoms with Gasteiger partial charge in [0, 0.05) is 5.25 Å². The van der Waals surface area contributed by atoms with Gasteiger partial charge in [0.15, 0.2) is 0 Å². The van der Waals surface area contributed by atoms with E-state index in [1.807, 2.05) is 0 Å². The highest BCUT2D eigenvalue weighted by Gasteiger charge is 2.12. The van der Waals surface area contributed by atoms with Crippen LogP contribution in [0.4, 0.5) is 0 Å². The molecule has 0 N–H and O–H groups in total. The van der Waals surface area contributed by atoms with E-state index in [0.717, 1.165) is 5.25 Å². The predicted molar refractivity (Wildman–Crippen MR) is 72.7 cm³/mol. The summed E-state index contributed by atoms with van der Waals surface area (Å²) in [5.41, 5.74) is 0. The average Bonchev–Trinajstić information content (AvgIpc) is 2.29. The van der Waals surface area contributed by atoms with Crippen LogP contribution < -0.4 is 0 Å². The Hall–Kier alpha value is 0.350. The standard InChI is InChI=1S/C14H28S/c1-2-3-4-5-6-10-13-15-14-11-8-7-9-12-14/h14H,2-13H2,1H3. The van der Waals surface area contributed by atoms with Crippen LogP contribution >= 0.6 is 11.8 Å². The van der Waals surface area contributed by atoms with Gasteiger partial charge in [-0.1, -0.05) is 58.3 Å². The van der Waals surface area contributed by atoms with Gasteiger partial charge in [-0.05, 0) is 25.0 Å². The summed E-state index contributed by atoms with van der Waals surface area (Å²) in [6.45, 7) is 2.29. The van der Waals surface area contributed by atoms with Crippen molar-refractivity contribution in [2.45, 2.75) is 82.8 Å². The summed E-state index contributed by atoms with van der Waals surface area (Å²) in [7, 11) is 0. The molecular formula is C14H28S. The highest BCUT2D eigenvalue weighted by atomic mass is 32.2. The molecule has 0 bridgehead atoms. The number of hydrogen-bond acceptors (Lipinski definition) is 1. The molecule has 0 unspecified atom stereocenters. The van der Waals surface area contributed by atoms with Gasteiger partial charge in [-0.25, -0.2) is 0 Å². The Labute approximate surface area is 101 Å². The van der Waals surface area contributed by atoms with Crippen LogP contribution in [0.5, 0.6) is 0 Å². The van der Waals surface area contributed by atoms with Crippen molar-refractivity contribution in [3.8, 4) is 0 Å². The van der Waals surface area contributed by atoms with Gasteiger partial charge in [0.05, 0.1) is 0 Å². The Morgan fingerprint density at radius 1 is 0.867 bits per heavy atom. The normalized spacial score (nSPS) is 18.2. The third kappa shape index (κ3) is 7.27. The van der Waals surface area contributed by atoms with E-state index in [-0.39, 0.29) is 0 Å². The van der Waals surface area contributed by atoms with Crippen molar-refractivity contribution >= 4 is 11.8 Å². The molecule has 90 valence electrons. The number of rotatable bonds is 8. The molecule has 1 aliphatic carbocycles. The highest BCUT2D eigenvalue weighted by molar-refractivity contribution is 7.99. The Balaban J connectivity index is 1.79. The van der Waals surface area contributed by atoms with Gasteiger partial charge in [-0.15, -0.1) is 0 Å². The topological polar surface area (TPSA) is 0 Å². The summed E-state index contributed by atoms with van der Waals surface area (Å²) in [6.07, 6.45) is 16.2. The molecule has 0 aliphatic heterocycles. The maximum atomic E-state index is 2.29. The van der Waals surface area contributed by atoms with Gasteiger partial charge in [0.25, 0.3) is 0 Å². The fraction of sp³-hybridized carbons (Fsp3) is 1.00. The van der Waals surface area contributed by atoms with Crippen LogP contribution in [-0.4, -0.2) is 11.0 Å². The molecule has 1 saturated carbocycles. The van der Waals surface area contributed by atoms with Gasteiger partial charge in [0.2, 0.25) is 0 Å². The first-order valence-electron chi connectivity index (χ1n) is 7.05. The van der Waals surface area contributed by atoms with Crippen LogP contribution in [0.1, 0.15) is 77.6 Å². The zero-order chi connectivity index (χ0) is 10.8. The lowest BCUT2D eigenvalue weighted by Crippen LogP contribution is -2.08. The molecule has 15 heavy (non-hydrogen) atoms. The van der Waals surface area contributed by atoms with E-state index in [1.165, 1.54) is 76.4 Å². The summed E-state index contributed by atoms with van der Waals surface area (Å²) in [6, 6.07) is 0. The van der Waals surface area contributed by atoms with Gasteiger partial charge in [0.1, 0.15) is 0 Å². The molecule has 1 heteroatoms. The molecule has 0 radical (unpaired) electrons. The molecule has 0 spiro atoms. The van der Waals surface area contributed by atoms with Gasteiger partial charge < -0.3 is 0 Å². The Kier molecular flexibility index (Phi) is 8.56. The number of thioether (sulfide) groups is 1. The summed E-state index contributed by atoms with van der Waals surface area (Å²) in [5.74, 6) is 1.43. The first kappa shape index (κ1) is 13.4. The van der Waals surface area contributed by atoms with Crippen LogP contribution in [-0.2, 0) is 0 Å². The minimum absolute atomic E-state index is 1.02. The molecule has 0 aromatic rings. The second-order valence-corrected chi connectivity index (χ2v) is 6.31. The molecule has 0 atom stereocenters. The lowest BCUT2D eigenvalue weighted by atomic mass is 10.0. The molecule has 1 aliphatic rings. The van der Waals surface area contributed by atoms with E-state index >= 15 is 0 Å². The van der Waals surface area contributed by atoms with Crippen molar-refractivity contribution in [3.05, 3.63) is 0 Å². The van der Waals surface area contributed by atoms with Crippen molar-refractivity contribution in [2.24, 2.45) is 0 Å². The van der Waals surface area contributed by atoms with Gasteiger partial charge in [-0.3, -0.25) is 0 Å². The second kappa shape index (κ2) is 9.57. The maximum absolute atomic E-state index is 2.29. The molecule has 0 nitrogen and oxygen atoms in total. The van der Waals surface area contributed by atoms with Crippen LogP contribution in [0.15, 0.2) is 0 Å². The quantitative estimate of drug-likeness (QED) is 0.500. The zero-order valence-corrected chi connectivity index (χ0v) is 11.3. The Morgan fingerprint density at radius 3 is 2.27 bits per heavy atom. The van der Waals surface area contributed by atoms with Crippen molar-refractivity contribution in [1.29, 1.82) is 0 Å². The van der Waals surface area contributed by atoms with Crippen LogP contribution in [0.25, 0.3) is 0 Å². The van der Waals surface area contributed by atoms with Gasteiger partial charge in [-0.2, -0.15) is 11.8 Å². The molecule has 0 saturated heterocycles. The minimum atomic E-state index is 1.02. The van der Waals surface area contributed by atoms with Crippen molar-refractivity contribution < 1.29 is 0 Å². The van der Waals surface area contributed by atoms with E-state index in [4.69, 9.17) is 0 Å². The molecule has 0 aromatic carbocycles. The smallest absolute Gasteiger partial charge is 0.00470 e. The Bertz CT molecular complexity index is 127. The molecular weight excluding hydrogens is 200 g/mol. The molecule has 1 rings (SSSR count). The molecule has 0 amide bonds. The summed E-state index contributed by atoms with van der Waals surface area (Å²) in [4.78, 5) is 0. The maximum Gasteiger partial charge on any atom is 0.00470 e.